The van der Waals surface area contributed by atoms with Gasteiger partial charge in [0, 0.05) is 6.42 Å². The number of aliphatic hydroxyl groups excluding tert-OH is 1. The summed E-state index contributed by atoms with van der Waals surface area (Å²) in [6, 6.07) is 16.8. The molecule has 3 unspecified atom stereocenters. The van der Waals surface area contributed by atoms with E-state index in [2.05, 4.69) is 43.3 Å². The number of nitriles is 1. The molecule has 0 spiro atoms. The monoisotopic (exact) mass is 335 g/mol. The molecule has 3 rings (SSSR count). The number of hydrogen-bond acceptors (Lipinski definition) is 3. The largest absolute Gasteiger partial charge is 0.393 e. The van der Waals surface area contributed by atoms with Crippen LogP contribution >= 0.6 is 0 Å². The summed E-state index contributed by atoms with van der Waals surface area (Å²) in [6.45, 7) is 4.14. The number of ether oxygens (including phenoxy) is 1. The highest BCUT2D eigenvalue weighted by Gasteiger charge is 2.27. The minimum absolute atomic E-state index is 0.0504. The zero-order chi connectivity index (χ0) is 17.8. The molecule has 2 aromatic carbocycles. The number of aryl methyl sites for hydroxylation is 1. The van der Waals surface area contributed by atoms with Crippen LogP contribution in [0, 0.1) is 11.3 Å². The first-order chi connectivity index (χ1) is 12.1. The van der Waals surface area contributed by atoms with Crippen LogP contribution in [-0.2, 0) is 17.6 Å². The molecular formula is C22H25NO2. The molecule has 130 valence electrons. The average Bonchev–Trinajstić information content (AvgIpc) is 2.61. The molecule has 3 atom stereocenters. The Morgan fingerprint density at radius 2 is 1.84 bits per heavy atom. The molecule has 0 bridgehead atoms. The van der Waals surface area contributed by atoms with Crippen LogP contribution in [0.1, 0.15) is 60.6 Å². The van der Waals surface area contributed by atoms with E-state index in [9.17, 15) is 10.4 Å². The van der Waals surface area contributed by atoms with Gasteiger partial charge in [-0.2, -0.15) is 5.26 Å². The fourth-order valence-electron chi connectivity index (χ4n) is 3.51. The second-order valence-corrected chi connectivity index (χ2v) is 6.94. The summed E-state index contributed by atoms with van der Waals surface area (Å²) >= 11 is 0. The number of benzene rings is 2. The van der Waals surface area contributed by atoms with E-state index >= 15 is 0 Å². The van der Waals surface area contributed by atoms with E-state index in [1.54, 1.807) is 0 Å². The molecule has 0 aliphatic carbocycles. The van der Waals surface area contributed by atoms with Crippen LogP contribution in [0.2, 0.25) is 0 Å². The van der Waals surface area contributed by atoms with E-state index < -0.39 is 0 Å². The zero-order valence-corrected chi connectivity index (χ0v) is 14.9. The summed E-state index contributed by atoms with van der Waals surface area (Å²) in [5.74, 6) is 0. The summed E-state index contributed by atoms with van der Waals surface area (Å²) in [6.07, 6.45) is 2.67. The van der Waals surface area contributed by atoms with Gasteiger partial charge in [0.25, 0.3) is 0 Å². The van der Waals surface area contributed by atoms with Crippen molar-refractivity contribution in [2.75, 3.05) is 0 Å². The van der Waals surface area contributed by atoms with Crippen LogP contribution in [0.3, 0.4) is 0 Å². The lowest BCUT2D eigenvalue weighted by molar-refractivity contribution is -0.0895. The molecule has 25 heavy (non-hydrogen) atoms. The van der Waals surface area contributed by atoms with Crippen molar-refractivity contribution in [1.82, 2.24) is 0 Å². The Bertz CT molecular complexity index is 751. The molecule has 1 N–H and O–H groups in total. The zero-order valence-electron chi connectivity index (χ0n) is 14.9. The molecule has 3 nitrogen and oxygen atoms in total. The first kappa shape index (κ1) is 17.7. The number of hydrogen-bond donors (Lipinski definition) is 1. The average molecular weight is 335 g/mol. The SMILES string of the molecule is CCc1ccc(Cc2cc(C3CC(O)CC(C)O3)ccc2C#N)cc1. The summed E-state index contributed by atoms with van der Waals surface area (Å²) in [4.78, 5) is 0. The minimum atomic E-state index is -0.325. The van der Waals surface area contributed by atoms with E-state index in [1.165, 1.54) is 11.1 Å². The van der Waals surface area contributed by atoms with Gasteiger partial charge in [-0.1, -0.05) is 43.3 Å². The summed E-state index contributed by atoms with van der Waals surface area (Å²) in [5, 5.41) is 19.5. The van der Waals surface area contributed by atoms with E-state index in [1.807, 2.05) is 19.1 Å². The van der Waals surface area contributed by atoms with Crippen molar-refractivity contribution in [1.29, 1.82) is 5.26 Å². The van der Waals surface area contributed by atoms with E-state index in [4.69, 9.17) is 4.74 Å². The summed E-state index contributed by atoms with van der Waals surface area (Å²) < 4.78 is 6.01. The van der Waals surface area contributed by atoms with Gasteiger partial charge in [0.15, 0.2) is 0 Å². The van der Waals surface area contributed by atoms with Gasteiger partial charge in [0.2, 0.25) is 0 Å². The maximum atomic E-state index is 10.0. The Hall–Kier alpha value is -2.15. The second kappa shape index (κ2) is 7.82. The Morgan fingerprint density at radius 3 is 2.48 bits per heavy atom. The molecule has 0 aromatic heterocycles. The van der Waals surface area contributed by atoms with E-state index in [0.29, 0.717) is 18.4 Å². The summed E-state index contributed by atoms with van der Waals surface area (Å²) in [5.41, 5.74) is 5.28. The quantitative estimate of drug-likeness (QED) is 0.905. The van der Waals surface area contributed by atoms with Gasteiger partial charge in [-0.05, 0) is 54.5 Å². The molecule has 1 aliphatic rings. The third-order valence-corrected chi connectivity index (χ3v) is 4.93. The molecule has 0 radical (unpaired) electrons. The van der Waals surface area contributed by atoms with Crippen LogP contribution in [0.15, 0.2) is 42.5 Å². The lowest BCUT2D eigenvalue weighted by atomic mass is 9.92. The Balaban J connectivity index is 1.85. The van der Waals surface area contributed by atoms with Crippen LogP contribution < -0.4 is 0 Å². The first-order valence-corrected chi connectivity index (χ1v) is 9.03. The molecule has 1 saturated heterocycles. The van der Waals surface area contributed by atoms with Crippen molar-refractivity contribution in [3.05, 3.63) is 70.3 Å². The predicted octanol–water partition coefficient (Wildman–Crippen LogP) is 4.31. The van der Waals surface area contributed by atoms with Crippen molar-refractivity contribution in [2.45, 2.75) is 57.8 Å². The summed E-state index contributed by atoms with van der Waals surface area (Å²) in [7, 11) is 0. The third kappa shape index (κ3) is 4.28. The molecule has 1 fully saturated rings. The normalized spacial score (nSPS) is 23.2. The van der Waals surface area contributed by atoms with Crippen molar-refractivity contribution in [2.24, 2.45) is 0 Å². The lowest BCUT2D eigenvalue weighted by Crippen LogP contribution is -2.29. The van der Waals surface area contributed by atoms with E-state index in [0.717, 1.165) is 24.0 Å². The Labute approximate surface area is 149 Å². The second-order valence-electron chi connectivity index (χ2n) is 6.94. The lowest BCUT2D eigenvalue weighted by Gasteiger charge is -2.31. The van der Waals surface area contributed by atoms with Gasteiger partial charge in [-0.25, -0.2) is 0 Å². The number of nitrogens with zero attached hydrogens (tertiary/aromatic N) is 1. The highest BCUT2D eigenvalue weighted by molar-refractivity contribution is 5.44. The third-order valence-electron chi connectivity index (χ3n) is 4.93. The molecule has 0 amide bonds. The standard InChI is InChI=1S/C22H25NO2/c1-3-16-4-6-17(7-5-16)11-20-12-18(8-9-19(20)14-23)22-13-21(24)10-15(2)25-22/h4-9,12,15,21-22,24H,3,10-11,13H2,1-2H3. The Morgan fingerprint density at radius 1 is 1.12 bits per heavy atom. The molecule has 3 heteroatoms. The van der Waals surface area contributed by atoms with Gasteiger partial charge >= 0.3 is 0 Å². The molecule has 1 aliphatic heterocycles. The molecular weight excluding hydrogens is 310 g/mol. The van der Waals surface area contributed by atoms with Crippen molar-refractivity contribution in [3.8, 4) is 6.07 Å². The molecule has 2 aromatic rings. The smallest absolute Gasteiger partial charge is 0.0994 e. The van der Waals surface area contributed by atoms with Crippen molar-refractivity contribution >= 4 is 0 Å². The van der Waals surface area contributed by atoms with Crippen molar-refractivity contribution < 1.29 is 9.84 Å². The molecule has 0 saturated carbocycles. The topological polar surface area (TPSA) is 53.2 Å². The van der Waals surface area contributed by atoms with E-state index in [-0.39, 0.29) is 18.3 Å². The highest BCUT2D eigenvalue weighted by Crippen LogP contribution is 2.32. The van der Waals surface area contributed by atoms with Crippen LogP contribution in [0.5, 0.6) is 0 Å². The van der Waals surface area contributed by atoms with Gasteiger partial charge in [0.1, 0.15) is 0 Å². The van der Waals surface area contributed by atoms with Crippen LogP contribution in [-0.4, -0.2) is 17.3 Å². The highest BCUT2D eigenvalue weighted by atomic mass is 16.5. The van der Waals surface area contributed by atoms with Gasteiger partial charge in [-0.3, -0.25) is 0 Å². The number of rotatable bonds is 4. The van der Waals surface area contributed by atoms with Crippen LogP contribution in [0.4, 0.5) is 0 Å². The first-order valence-electron chi connectivity index (χ1n) is 9.03. The maximum Gasteiger partial charge on any atom is 0.0994 e. The number of aliphatic hydroxyl groups is 1. The maximum absolute atomic E-state index is 10.0. The van der Waals surface area contributed by atoms with Gasteiger partial charge < -0.3 is 9.84 Å². The fourth-order valence-corrected chi connectivity index (χ4v) is 3.51. The fraction of sp³-hybridized carbons (Fsp3) is 0.409. The van der Waals surface area contributed by atoms with Gasteiger partial charge in [-0.15, -0.1) is 0 Å². The molecule has 1 heterocycles. The van der Waals surface area contributed by atoms with Crippen molar-refractivity contribution in [3.63, 3.8) is 0 Å². The Kier molecular flexibility index (Phi) is 5.53. The van der Waals surface area contributed by atoms with Crippen LogP contribution in [0.25, 0.3) is 0 Å². The predicted molar refractivity (Wildman–Crippen MR) is 98.3 cm³/mol. The van der Waals surface area contributed by atoms with Gasteiger partial charge in [0.05, 0.1) is 29.9 Å². The minimum Gasteiger partial charge on any atom is -0.393 e.